The largest absolute Gasteiger partial charge is 0.443 e. The molecule has 4 rings (SSSR count). The summed E-state index contributed by atoms with van der Waals surface area (Å²) >= 11 is 3.15. The second-order valence-corrected chi connectivity index (χ2v) is 6.69. The number of hydrogen-bond acceptors (Lipinski definition) is 4. The van der Waals surface area contributed by atoms with Crippen molar-refractivity contribution < 1.29 is 18.7 Å². The van der Waals surface area contributed by atoms with Crippen LogP contribution in [0.5, 0.6) is 0 Å². The Hall–Kier alpha value is -3.12. The van der Waals surface area contributed by atoms with E-state index in [0.29, 0.717) is 15.8 Å². The Kier molecular flexibility index (Phi) is 4.64. The number of para-hydroxylation sites is 1. The van der Waals surface area contributed by atoms with E-state index in [0.717, 1.165) is 10.9 Å². The summed E-state index contributed by atoms with van der Waals surface area (Å²) in [6.45, 7) is 0. The van der Waals surface area contributed by atoms with Gasteiger partial charge < -0.3 is 14.1 Å². The summed E-state index contributed by atoms with van der Waals surface area (Å²) in [5.41, 5.74) is 1.90. The van der Waals surface area contributed by atoms with Crippen LogP contribution in [-0.4, -0.2) is 16.7 Å². The predicted molar refractivity (Wildman–Crippen MR) is 104 cm³/mol. The van der Waals surface area contributed by atoms with Crippen LogP contribution in [0.3, 0.4) is 0 Å². The third kappa shape index (κ3) is 3.44. The van der Waals surface area contributed by atoms with Gasteiger partial charge in [-0.05, 0) is 34.1 Å². The number of halogens is 1. The third-order valence-electron chi connectivity index (χ3n) is 4.19. The summed E-state index contributed by atoms with van der Waals surface area (Å²) in [5.74, 6) is -0.991. The number of aromatic nitrogens is 1. The molecule has 0 saturated heterocycles. The van der Waals surface area contributed by atoms with Gasteiger partial charge in [-0.3, -0.25) is 4.79 Å². The maximum Gasteiger partial charge on any atom is 0.375 e. The molecule has 2 aromatic carbocycles. The zero-order chi connectivity index (χ0) is 18.8. The van der Waals surface area contributed by atoms with Crippen molar-refractivity contribution >= 4 is 38.6 Å². The van der Waals surface area contributed by atoms with Gasteiger partial charge in [0, 0.05) is 28.2 Å². The highest BCUT2D eigenvalue weighted by molar-refractivity contribution is 9.10. The van der Waals surface area contributed by atoms with E-state index in [1.807, 2.05) is 30.3 Å². The fourth-order valence-corrected chi connectivity index (χ4v) is 3.21. The molecule has 1 unspecified atom stereocenters. The number of ketones is 1. The molecule has 1 atom stereocenters. The van der Waals surface area contributed by atoms with Gasteiger partial charge in [-0.25, -0.2) is 4.79 Å². The molecule has 0 fully saturated rings. The number of fused-ring (bicyclic) bond motifs is 1. The molecular formula is C21H14BrNO4. The topological polar surface area (TPSA) is 72.3 Å². The van der Waals surface area contributed by atoms with Crippen LogP contribution in [0.1, 0.15) is 32.6 Å². The van der Waals surface area contributed by atoms with Crippen molar-refractivity contribution in [1.29, 1.82) is 0 Å². The van der Waals surface area contributed by atoms with Crippen LogP contribution in [0.15, 0.2) is 82.0 Å². The number of furan rings is 1. The summed E-state index contributed by atoms with van der Waals surface area (Å²) in [6.07, 6.45) is 0.557. The number of carbonyl (C=O) groups excluding carboxylic acids is 2. The first-order valence-corrected chi connectivity index (χ1v) is 9.04. The van der Waals surface area contributed by atoms with E-state index < -0.39 is 12.1 Å². The van der Waals surface area contributed by atoms with Crippen molar-refractivity contribution in [2.45, 2.75) is 6.10 Å². The van der Waals surface area contributed by atoms with Crippen LogP contribution in [0, 0.1) is 0 Å². The summed E-state index contributed by atoms with van der Waals surface area (Å²) in [5, 5.41) is 0.778. The van der Waals surface area contributed by atoms with Crippen LogP contribution < -0.4 is 0 Å². The molecule has 6 heteroatoms. The summed E-state index contributed by atoms with van der Waals surface area (Å²) in [7, 11) is 0. The Morgan fingerprint density at radius 1 is 0.963 bits per heavy atom. The molecule has 0 aliphatic carbocycles. The number of H-pyrrole nitrogens is 1. The molecule has 0 spiro atoms. The second-order valence-electron chi connectivity index (χ2n) is 5.91. The lowest BCUT2D eigenvalue weighted by Gasteiger charge is -2.16. The van der Waals surface area contributed by atoms with Crippen LogP contribution >= 0.6 is 15.9 Å². The van der Waals surface area contributed by atoms with Gasteiger partial charge in [0.15, 0.2) is 10.8 Å². The van der Waals surface area contributed by atoms with Crippen LogP contribution in [0.2, 0.25) is 0 Å². The number of benzene rings is 2. The minimum atomic E-state index is -1.08. The Morgan fingerprint density at radius 3 is 2.44 bits per heavy atom. The van der Waals surface area contributed by atoms with Gasteiger partial charge in [0.2, 0.25) is 11.5 Å². The summed E-state index contributed by atoms with van der Waals surface area (Å²) < 4.78 is 11.2. The second kappa shape index (κ2) is 7.25. The lowest BCUT2D eigenvalue weighted by molar-refractivity contribution is 0.0250. The minimum absolute atomic E-state index is 0.0227. The molecule has 0 aliphatic heterocycles. The zero-order valence-electron chi connectivity index (χ0n) is 14.0. The quantitative estimate of drug-likeness (QED) is 0.349. The van der Waals surface area contributed by atoms with Crippen molar-refractivity contribution in [3.05, 3.63) is 94.5 Å². The highest BCUT2D eigenvalue weighted by atomic mass is 79.9. The molecule has 27 heavy (non-hydrogen) atoms. The number of carbonyl (C=O) groups is 2. The lowest BCUT2D eigenvalue weighted by atomic mass is 9.99. The molecular weight excluding hydrogens is 410 g/mol. The maximum absolute atomic E-state index is 13.3. The summed E-state index contributed by atoms with van der Waals surface area (Å²) in [6, 6.07) is 19.5. The number of Topliss-reactive ketones (excluding diaryl/α,β-unsaturated/α-hetero) is 1. The van der Waals surface area contributed by atoms with E-state index in [-0.39, 0.29) is 11.5 Å². The number of hydrogen-bond donors (Lipinski definition) is 1. The zero-order valence-corrected chi connectivity index (χ0v) is 15.6. The molecule has 0 radical (unpaired) electrons. The standard InChI is InChI=1S/C21H14BrNO4/c22-18-11-10-17(26-18)21(25)27-20(13-6-2-1-3-7-13)19(24)15-12-23-16-9-5-4-8-14(15)16/h1-12,20,23H. The molecule has 5 nitrogen and oxygen atoms in total. The average Bonchev–Trinajstić information content (AvgIpc) is 3.32. The van der Waals surface area contributed by atoms with Crippen LogP contribution in [0.4, 0.5) is 0 Å². The van der Waals surface area contributed by atoms with E-state index in [1.54, 1.807) is 36.5 Å². The number of rotatable bonds is 5. The molecule has 2 aromatic heterocycles. The van der Waals surface area contributed by atoms with Crippen molar-refractivity contribution in [2.24, 2.45) is 0 Å². The first-order chi connectivity index (χ1) is 13.1. The lowest BCUT2D eigenvalue weighted by Crippen LogP contribution is -2.20. The molecule has 134 valence electrons. The Morgan fingerprint density at radius 2 is 1.70 bits per heavy atom. The fourth-order valence-electron chi connectivity index (χ4n) is 2.91. The first kappa shape index (κ1) is 17.3. The SMILES string of the molecule is O=C(OC(C(=O)c1c[nH]c2ccccc12)c1ccccc1)c1ccc(Br)o1. The molecule has 0 aliphatic rings. The van der Waals surface area contributed by atoms with E-state index in [1.165, 1.54) is 6.07 Å². The molecule has 0 amide bonds. The third-order valence-corrected chi connectivity index (χ3v) is 4.62. The average molecular weight is 424 g/mol. The van der Waals surface area contributed by atoms with Crippen LogP contribution in [0.25, 0.3) is 10.9 Å². The highest BCUT2D eigenvalue weighted by Gasteiger charge is 2.29. The van der Waals surface area contributed by atoms with Gasteiger partial charge in [0.05, 0.1) is 0 Å². The smallest absolute Gasteiger partial charge is 0.375 e. The van der Waals surface area contributed by atoms with Gasteiger partial charge in [0.25, 0.3) is 0 Å². The van der Waals surface area contributed by atoms with Crippen molar-refractivity contribution in [1.82, 2.24) is 4.98 Å². The predicted octanol–water partition coefficient (Wildman–Crippen LogP) is 5.30. The van der Waals surface area contributed by atoms with Gasteiger partial charge in [-0.1, -0.05) is 48.5 Å². The number of nitrogens with one attached hydrogen (secondary N) is 1. The van der Waals surface area contributed by atoms with E-state index in [4.69, 9.17) is 9.15 Å². The van der Waals surface area contributed by atoms with Crippen molar-refractivity contribution in [3.63, 3.8) is 0 Å². The Bertz CT molecular complexity index is 1110. The van der Waals surface area contributed by atoms with Gasteiger partial charge in [-0.2, -0.15) is 0 Å². The summed E-state index contributed by atoms with van der Waals surface area (Å²) in [4.78, 5) is 28.8. The Balaban J connectivity index is 1.72. The van der Waals surface area contributed by atoms with E-state index in [2.05, 4.69) is 20.9 Å². The first-order valence-electron chi connectivity index (χ1n) is 8.25. The maximum atomic E-state index is 13.3. The number of aromatic amines is 1. The number of ether oxygens (including phenoxy) is 1. The number of esters is 1. The molecule has 1 N–H and O–H groups in total. The molecule has 0 bridgehead atoms. The Labute approximate surface area is 163 Å². The van der Waals surface area contributed by atoms with Gasteiger partial charge >= 0.3 is 5.97 Å². The fraction of sp³-hybridized carbons (Fsp3) is 0.0476. The van der Waals surface area contributed by atoms with Crippen molar-refractivity contribution in [3.8, 4) is 0 Å². The van der Waals surface area contributed by atoms with Gasteiger partial charge in [-0.15, -0.1) is 0 Å². The monoisotopic (exact) mass is 423 g/mol. The van der Waals surface area contributed by atoms with Gasteiger partial charge in [0.1, 0.15) is 0 Å². The molecule has 0 saturated carbocycles. The van der Waals surface area contributed by atoms with Crippen LogP contribution in [-0.2, 0) is 4.74 Å². The van der Waals surface area contributed by atoms with E-state index in [9.17, 15) is 9.59 Å². The minimum Gasteiger partial charge on any atom is -0.443 e. The van der Waals surface area contributed by atoms with Crippen molar-refractivity contribution in [2.75, 3.05) is 0 Å². The normalized spacial score (nSPS) is 12.0. The molecule has 2 heterocycles. The molecule has 4 aromatic rings. The van der Waals surface area contributed by atoms with E-state index >= 15 is 0 Å². The highest BCUT2D eigenvalue weighted by Crippen LogP contribution is 2.28.